The third kappa shape index (κ3) is 3.75. The summed E-state index contributed by atoms with van der Waals surface area (Å²) in [5, 5.41) is 13.2. The fourth-order valence-corrected chi connectivity index (χ4v) is 9.11. The van der Waals surface area contributed by atoms with Crippen LogP contribution in [0.15, 0.2) is 121 Å². The molecule has 1 aliphatic rings. The number of nitrogens with one attached hydrogen (secondary N) is 1. The molecule has 1 heterocycles. The Balaban J connectivity index is 1.82. The Morgan fingerprint density at radius 3 is 1.45 bits per heavy atom. The molecule has 0 atom stereocenters. The number of carbonyl (C=O) groups excluding carboxylic acids is 1. The second kappa shape index (κ2) is 9.05. The molecule has 1 saturated heterocycles. The van der Waals surface area contributed by atoms with Crippen molar-refractivity contribution in [3.05, 3.63) is 127 Å². The topological polar surface area (TPSA) is 44.2 Å². The fourth-order valence-electron chi connectivity index (χ4n) is 4.68. The van der Waals surface area contributed by atoms with E-state index in [4.69, 9.17) is 0 Å². The molecule has 1 N–H and O–H groups in total. The molecule has 4 heteroatoms. The van der Waals surface area contributed by atoms with Crippen molar-refractivity contribution in [3.8, 4) is 0 Å². The van der Waals surface area contributed by atoms with E-state index in [1.807, 2.05) is 89.8 Å². The lowest BCUT2D eigenvalue weighted by Gasteiger charge is -2.31. The van der Waals surface area contributed by atoms with Gasteiger partial charge >= 0.3 is 0 Å². The number of carbonyl (C=O) groups is 1. The molecule has 1 aliphatic heterocycles. The molecule has 0 amide bonds. The van der Waals surface area contributed by atoms with E-state index in [0.717, 1.165) is 21.5 Å². The third-order valence-electron chi connectivity index (χ3n) is 6.12. The first-order valence-electron chi connectivity index (χ1n) is 11.1. The minimum absolute atomic E-state index is 0.0424. The van der Waals surface area contributed by atoms with E-state index >= 15 is 0 Å². The van der Waals surface area contributed by atoms with E-state index < -0.39 is 6.89 Å². The zero-order valence-electron chi connectivity index (χ0n) is 18.3. The van der Waals surface area contributed by atoms with Crippen LogP contribution in [0.5, 0.6) is 0 Å². The summed E-state index contributed by atoms with van der Waals surface area (Å²) in [7, 11) is 0. The predicted octanol–water partition coefficient (Wildman–Crippen LogP) is 4.22. The van der Waals surface area contributed by atoms with E-state index in [9.17, 15) is 10.2 Å². The molecule has 4 aromatic rings. The smallest absolute Gasteiger partial charge is 0.186 e. The molecular weight excluding hydrogens is 423 g/mol. The second-order valence-corrected chi connectivity index (χ2v) is 11.5. The summed E-state index contributed by atoms with van der Waals surface area (Å²) < 4.78 is 0. The Hall–Kier alpha value is -3.68. The summed E-state index contributed by atoms with van der Waals surface area (Å²) in [5.74, 6) is 0.384. The lowest BCUT2D eigenvalue weighted by molar-refractivity contribution is -0.112. The van der Waals surface area contributed by atoms with Gasteiger partial charge in [0.05, 0.1) is 11.8 Å². The first kappa shape index (κ1) is 21.2. The molecule has 0 bridgehead atoms. The van der Waals surface area contributed by atoms with Crippen LogP contribution in [0.25, 0.3) is 0 Å². The van der Waals surface area contributed by atoms with Gasteiger partial charge in [-0.25, -0.2) is 0 Å². The molecule has 162 valence electrons. The summed E-state index contributed by atoms with van der Waals surface area (Å²) in [4.78, 5) is 15.7. The zero-order chi connectivity index (χ0) is 22.7. The fraction of sp³-hybridized carbons (Fsp3) is 0.0690. The first-order chi connectivity index (χ1) is 16.2. The van der Waals surface area contributed by atoms with Crippen LogP contribution in [0.4, 0.5) is 0 Å². The Kier molecular flexibility index (Phi) is 5.81. The van der Waals surface area contributed by atoms with Crippen LogP contribution in [0.1, 0.15) is 5.56 Å². The van der Waals surface area contributed by atoms with Crippen LogP contribution >= 0.6 is 6.89 Å². The maximum atomic E-state index is 13.8. The quantitative estimate of drug-likeness (QED) is 0.465. The monoisotopic (exact) mass is 448 g/mol. The molecule has 0 spiro atoms. The van der Waals surface area contributed by atoms with Crippen molar-refractivity contribution in [3.63, 3.8) is 0 Å². The van der Waals surface area contributed by atoms with Gasteiger partial charge in [-0.3, -0.25) is 10.2 Å². The number of hydrogen-bond acceptors (Lipinski definition) is 2. The van der Waals surface area contributed by atoms with Gasteiger partial charge in [-0.1, -0.05) is 121 Å². The average molecular weight is 449 g/mol. The number of ketones is 1. The molecule has 0 unspecified atom stereocenters. The van der Waals surface area contributed by atoms with Crippen molar-refractivity contribution in [2.45, 2.75) is 6.54 Å². The molecule has 0 radical (unpaired) electrons. The second-order valence-electron chi connectivity index (χ2n) is 8.14. The highest BCUT2D eigenvalue weighted by Gasteiger charge is 2.41. The van der Waals surface area contributed by atoms with Gasteiger partial charge in [0.15, 0.2) is 5.78 Å². The molecule has 0 aromatic heterocycles. The largest absolute Gasteiger partial charge is 0.344 e. The first-order valence-corrected chi connectivity index (χ1v) is 12.8. The zero-order valence-corrected chi connectivity index (χ0v) is 19.2. The van der Waals surface area contributed by atoms with Gasteiger partial charge in [0, 0.05) is 6.54 Å². The Morgan fingerprint density at radius 1 is 0.636 bits per heavy atom. The lowest BCUT2D eigenvalue weighted by atomic mass is 10.2. The van der Waals surface area contributed by atoms with Crippen LogP contribution in [0.3, 0.4) is 0 Å². The van der Waals surface area contributed by atoms with Gasteiger partial charge < -0.3 is 4.90 Å². The highest BCUT2D eigenvalue weighted by Crippen LogP contribution is 2.47. The maximum absolute atomic E-state index is 13.8. The summed E-state index contributed by atoms with van der Waals surface area (Å²) in [5.41, 5.74) is 1.10. The van der Waals surface area contributed by atoms with Gasteiger partial charge in [0.1, 0.15) is 5.84 Å². The summed E-state index contributed by atoms with van der Waals surface area (Å²) >= 11 is 0. The number of benzene rings is 4. The third-order valence-corrected chi connectivity index (χ3v) is 10.5. The maximum Gasteiger partial charge on any atom is 0.186 e. The number of rotatable bonds is 5. The van der Waals surface area contributed by atoms with Crippen molar-refractivity contribution in [1.29, 1.82) is 5.41 Å². The molecule has 0 aliphatic carbocycles. The minimum Gasteiger partial charge on any atom is -0.344 e. The summed E-state index contributed by atoms with van der Waals surface area (Å²) in [6.07, 6.45) is 0. The molecule has 1 fully saturated rings. The molecular formula is C29H25N2OP. The predicted molar refractivity (Wildman–Crippen MR) is 140 cm³/mol. The number of amidine groups is 1. The summed E-state index contributed by atoms with van der Waals surface area (Å²) in [6.45, 7) is -1.77. The van der Waals surface area contributed by atoms with Crippen molar-refractivity contribution in [1.82, 2.24) is 4.90 Å². The average Bonchev–Trinajstić information content (AvgIpc) is 3.15. The van der Waals surface area contributed by atoms with Crippen molar-refractivity contribution < 1.29 is 4.79 Å². The van der Waals surface area contributed by atoms with Crippen LogP contribution in [-0.2, 0) is 11.3 Å². The minimum atomic E-state index is -2.55. The van der Waals surface area contributed by atoms with E-state index in [1.165, 1.54) is 0 Å². The van der Waals surface area contributed by atoms with Crippen LogP contribution in [-0.4, -0.2) is 28.4 Å². The molecule has 5 rings (SSSR count). The Labute approximate surface area is 194 Å². The normalized spacial score (nSPS) is 14.1. The van der Waals surface area contributed by atoms with Crippen molar-refractivity contribution in [2.24, 2.45) is 0 Å². The highest BCUT2D eigenvalue weighted by atomic mass is 31.2. The number of nitrogens with zero attached hydrogens (tertiary/aromatic N) is 1. The van der Waals surface area contributed by atoms with E-state index in [2.05, 4.69) is 36.4 Å². The SMILES string of the molecule is N=C1C(=P(c2ccccc2)(c2ccccc2)c2ccccc2)C(=O)CN1Cc1ccccc1. The Morgan fingerprint density at radius 2 is 1.03 bits per heavy atom. The van der Waals surface area contributed by atoms with Gasteiger partial charge in [-0.2, -0.15) is 0 Å². The van der Waals surface area contributed by atoms with E-state index in [-0.39, 0.29) is 12.3 Å². The lowest BCUT2D eigenvalue weighted by Crippen LogP contribution is -2.35. The van der Waals surface area contributed by atoms with Crippen molar-refractivity contribution >= 4 is 39.7 Å². The number of Topliss-reactive ketones (excluding diaryl/α,β-unsaturated/α-hetero) is 1. The standard InChI is InChI=1S/C29H25N2OP/c30-29-28(27(32)22-31(29)21-23-13-5-1-6-14-23)33(24-15-7-2-8-16-24,25-17-9-3-10-18-25)26-19-11-4-12-20-26/h1-20,30H,21-22H2. The van der Waals surface area contributed by atoms with E-state index in [1.54, 1.807) is 0 Å². The molecule has 4 aromatic carbocycles. The van der Waals surface area contributed by atoms with Gasteiger partial charge in [0.2, 0.25) is 0 Å². The Bertz CT molecular complexity index is 1230. The van der Waals surface area contributed by atoms with Gasteiger partial charge in [-0.15, -0.1) is 0 Å². The van der Waals surface area contributed by atoms with Gasteiger partial charge in [0.25, 0.3) is 0 Å². The number of hydrogen-bond donors (Lipinski definition) is 1. The number of likely N-dealkylation sites (tertiary alicyclic amines) is 1. The van der Waals surface area contributed by atoms with Crippen molar-refractivity contribution in [2.75, 3.05) is 6.54 Å². The highest BCUT2D eigenvalue weighted by molar-refractivity contribution is 7.97. The molecule has 3 nitrogen and oxygen atoms in total. The van der Waals surface area contributed by atoms with Crippen LogP contribution < -0.4 is 15.9 Å². The van der Waals surface area contributed by atoms with Gasteiger partial charge in [-0.05, 0) is 28.4 Å². The van der Waals surface area contributed by atoms with E-state index in [0.29, 0.717) is 17.7 Å². The van der Waals surface area contributed by atoms with Crippen LogP contribution in [0, 0.1) is 5.41 Å². The van der Waals surface area contributed by atoms with Crippen LogP contribution in [0.2, 0.25) is 0 Å². The molecule has 0 saturated carbocycles. The summed E-state index contributed by atoms with van der Waals surface area (Å²) in [6, 6.07) is 40.9. The molecule has 33 heavy (non-hydrogen) atoms.